The maximum atomic E-state index is 3.83. The van der Waals surface area contributed by atoms with Crippen LogP contribution in [0.4, 0.5) is 0 Å². The van der Waals surface area contributed by atoms with E-state index in [1.165, 1.54) is 25.7 Å². The highest BCUT2D eigenvalue weighted by atomic mass is 15.1. The molecule has 1 atom stereocenters. The molecule has 0 saturated carbocycles. The third-order valence-electron chi connectivity index (χ3n) is 3.30. The topological polar surface area (TPSA) is 15.3 Å². The van der Waals surface area contributed by atoms with Crippen molar-refractivity contribution in [2.24, 2.45) is 0 Å². The summed E-state index contributed by atoms with van der Waals surface area (Å²) in [5.74, 6) is 0. The van der Waals surface area contributed by atoms with Gasteiger partial charge in [-0.25, -0.2) is 0 Å². The standard InChI is InChI=1S/C18H32N2/c1-5-12-18(19-14-6-2)13-10-9-11-17-20(15-7-3)16-8-4/h5-8,18-19H,1-4,9-17H2. The van der Waals surface area contributed by atoms with Crippen LogP contribution in [0.1, 0.15) is 32.1 Å². The summed E-state index contributed by atoms with van der Waals surface area (Å²) in [5.41, 5.74) is 0. The van der Waals surface area contributed by atoms with Crippen LogP contribution in [0.2, 0.25) is 0 Å². The van der Waals surface area contributed by atoms with Gasteiger partial charge in [0.25, 0.3) is 0 Å². The van der Waals surface area contributed by atoms with E-state index in [4.69, 9.17) is 0 Å². The van der Waals surface area contributed by atoms with Crippen molar-refractivity contribution in [1.82, 2.24) is 10.2 Å². The van der Waals surface area contributed by atoms with E-state index in [1.54, 1.807) is 0 Å². The van der Waals surface area contributed by atoms with Crippen LogP contribution in [-0.2, 0) is 0 Å². The van der Waals surface area contributed by atoms with E-state index in [-0.39, 0.29) is 0 Å². The Kier molecular flexibility index (Phi) is 13.5. The number of hydrogen-bond acceptors (Lipinski definition) is 2. The molecule has 0 fully saturated rings. The summed E-state index contributed by atoms with van der Waals surface area (Å²) in [4.78, 5) is 2.37. The van der Waals surface area contributed by atoms with E-state index in [0.29, 0.717) is 6.04 Å². The lowest BCUT2D eigenvalue weighted by Gasteiger charge is -2.19. The molecule has 0 aliphatic rings. The van der Waals surface area contributed by atoms with E-state index in [2.05, 4.69) is 36.5 Å². The lowest BCUT2D eigenvalue weighted by atomic mass is 10.0. The molecule has 0 aromatic carbocycles. The molecule has 1 unspecified atom stereocenters. The molecular formula is C18H32N2. The van der Waals surface area contributed by atoms with E-state index in [0.717, 1.165) is 32.6 Å². The molecule has 0 rings (SSSR count). The summed E-state index contributed by atoms with van der Waals surface area (Å²) in [5, 5.41) is 3.48. The molecule has 2 nitrogen and oxygen atoms in total. The molecule has 0 spiro atoms. The Morgan fingerprint density at radius 2 is 1.55 bits per heavy atom. The SMILES string of the molecule is C=CCNC(CC=C)CCCCCN(CC=C)CC=C. The van der Waals surface area contributed by atoms with Crippen molar-refractivity contribution in [3.8, 4) is 0 Å². The summed E-state index contributed by atoms with van der Waals surface area (Å²) in [6, 6.07) is 0.544. The number of nitrogens with one attached hydrogen (secondary N) is 1. The lowest BCUT2D eigenvalue weighted by Crippen LogP contribution is -2.28. The largest absolute Gasteiger partial charge is 0.310 e. The summed E-state index contributed by atoms with van der Waals surface area (Å²) in [6.45, 7) is 19.1. The predicted molar refractivity (Wildman–Crippen MR) is 92.1 cm³/mol. The van der Waals surface area contributed by atoms with Gasteiger partial charge in [0.1, 0.15) is 0 Å². The first-order valence-corrected chi connectivity index (χ1v) is 7.67. The van der Waals surface area contributed by atoms with E-state index in [9.17, 15) is 0 Å². The Morgan fingerprint density at radius 3 is 2.10 bits per heavy atom. The Hall–Kier alpha value is -1.12. The monoisotopic (exact) mass is 276 g/mol. The number of nitrogens with zero attached hydrogens (tertiary/aromatic N) is 1. The average Bonchev–Trinajstić information content (AvgIpc) is 2.44. The summed E-state index contributed by atoms with van der Waals surface area (Å²) >= 11 is 0. The molecule has 1 N–H and O–H groups in total. The van der Waals surface area contributed by atoms with Crippen LogP contribution in [0.5, 0.6) is 0 Å². The van der Waals surface area contributed by atoms with Crippen LogP contribution in [0.15, 0.2) is 50.6 Å². The molecule has 0 saturated heterocycles. The summed E-state index contributed by atoms with van der Waals surface area (Å²) in [6.07, 6.45) is 13.9. The van der Waals surface area contributed by atoms with E-state index < -0.39 is 0 Å². The second-order valence-electron chi connectivity index (χ2n) is 5.10. The molecule has 0 radical (unpaired) electrons. The Balaban J connectivity index is 3.74. The van der Waals surface area contributed by atoms with Crippen molar-refractivity contribution < 1.29 is 0 Å². The smallest absolute Gasteiger partial charge is 0.0163 e. The summed E-state index contributed by atoms with van der Waals surface area (Å²) in [7, 11) is 0. The average molecular weight is 276 g/mol. The van der Waals surface area contributed by atoms with Crippen LogP contribution >= 0.6 is 0 Å². The van der Waals surface area contributed by atoms with Crippen LogP contribution in [0, 0.1) is 0 Å². The third-order valence-corrected chi connectivity index (χ3v) is 3.30. The van der Waals surface area contributed by atoms with Crippen LogP contribution < -0.4 is 5.32 Å². The molecule has 0 aromatic rings. The first kappa shape index (κ1) is 18.9. The minimum absolute atomic E-state index is 0.544. The van der Waals surface area contributed by atoms with Gasteiger partial charge in [0.05, 0.1) is 0 Å². The Labute approximate surface area is 125 Å². The van der Waals surface area contributed by atoms with Gasteiger partial charge in [-0.1, -0.05) is 37.1 Å². The van der Waals surface area contributed by atoms with Crippen molar-refractivity contribution in [2.45, 2.75) is 38.1 Å². The van der Waals surface area contributed by atoms with Gasteiger partial charge >= 0.3 is 0 Å². The van der Waals surface area contributed by atoms with Crippen molar-refractivity contribution in [3.05, 3.63) is 50.6 Å². The second-order valence-corrected chi connectivity index (χ2v) is 5.10. The molecular weight excluding hydrogens is 244 g/mol. The Bertz CT molecular complexity index is 261. The summed E-state index contributed by atoms with van der Waals surface area (Å²) < 4.78 is 0. The van der Waals surface area contributed by atoms with Crippen molar-refractivity contribution in [1.29, 1.82) is 0 Å². The fourth-order valence-corrected chi connectivity index (χ4v) is 2.28. The van der Waals surface area contributed by atoms with Gasteiger partial charge in [0.15, 0.2) is 0 Å². The van der Waals surface area contributed by atoms with Gasteiger partial charge in [0, 0.05) is 25.7 Å². The first-order valence-electron chi connectivity index (χ1n) is 7.67. The first-order chi connectivity index (χ1) is 9.78. The van der Waals surface area contributed by atoms with Gasteiger partial charge in [-0.2, -0.15) is 0 Å². The van der Waals surface area contributed by atoms with Crippen LogP contribution in [-0.4, -0.2) is 37.1 Å². The highest BCUT2D eigenvalue weighted by Gasteiger charge is 2.05. The van der Waals surface area contributed by atoms with Crippen molar-refractivity contribution in [3.63, 3.8) is 0 Å². The zero-order chi connectivity index (χ0) is 15.1. The molecule has 0 amide bonds. The molecule has 20 heavy (non-hydrogen) atoms. The highest BCUT2D eigenvalue weighted by molar-refractivity contribution is 4.82. The van der Waals surface area contributed by atoms with Gasteiger partial charge < -0.3 is 5.32 Å². The van der Waals surface area contributed by atoms with Gasteiger partial charge in [0.2, 0.25) is 0 Å². The van der Waals surface area contributed by atoms with Crippen LogP contribution in [0.25, 0.3) is 0 Å². The molecule has 2 heteroatoms. The molecule has 0 heterocycles. The van der Waals surface area contributed by atoms with Gasteiger partial charge in [-0.15, -0.1) is 26.3 Å². The van der Waals surface area contributed by atoms with Crippen LogP contribution in [0.3, 0.4) is 0 Å². The molecule has 0 aliphatic heterocycles. The molecule has 114 valence electrons. The fraction of sp³-hybridized carbons (Fsp3) is 0.556. The van der Waals surface area contributed by atoms with Gasteiger partial charge in [-0.05, 0) is 25.8 Å². The quantitative estimate of drug-likeness (QED) is 0.360. The number of hydrogen-bond donors (Lipinski definition) is 1. The normalized spacial score (nSPS) is 12.1. The van der Waals surface area contributed by atoms with Crippen molar-refractivity contribution >= 4 is 0 Å². The highest BCUT2D eigenvalue weighted by Crippen LogP contribution is 2.08. The zero-order valence-corrected chi connectivity index (χ0v) is 13.0. The molecule has 0 bridgehead atoms. The predicted octanol–water partition coefficient (Wildman–Crippen LogP) is 3.94. The zero-order valence-electron chi connectivity index (χ0n) is 13.0. The molecule has 0 aliphatic carbocycles. The van der Waals surface area contributed by atoms with E-state index in [1.807, 2.05) is 24.3 Å². The third kappa shape index (κ3) is 10.8. The van der Waals surface area contributed by atoms with Gasteiger partial charge in [-0.3, -0.25) is 4.90 Å². The maximum absolute atomic E-state index is 3.83. The lowest BCUT2D eigenvalue weighted by molar-refractivity contribution is 0.322. The minimum atomic E-state index is 0.544. The van der Waals surface area contributed by atoms with E-state index >= 15 is 0 Å². The minimum Gasteiger partial charge on any atom is -0.310 e. The molecule has 0 aromatic heterocycles. The Morgan fingerprint density at radius 1 is 0.850 bits per heavy atom. The number of rotatable bonds is 15. The number of unbranched alkanes of at least 4 members (excludes halogenated alkanes) is 2. The second kappa shape index (κ2) is 14.3. The van der Waals surface area contributed by atoms with Crippen molar-refractivity contribution in [2.75, 3.05) is 26.2 Å². The fourth-order valence-electron chi connectivity index (χ4n) is 2.28. The maximum Gasteiger partial charge on any atom is 0.0163 e.